The number of nitrogens with zero attached hydrogens (tertiary/aromatic N) is 2. The zero-order chi connectivity index (χ0) is 30.4. The van der Waals surface area contributed by atoms with E-state index in [1.54, 1.807) is 0 Å². The predicted molar refractivity (Wildman–Crippen MR) is 145 cm³/mol. The van der Waals surface area contributed by atoms with Crippen molar-refractivity contribution in [2.75, 3.05) is 33.5 Å². The minimum Gasteiger partial charge on any atom is -0.495 e. The number of amides is 1. The molecule has 2 unspecified atom stereocenters. The van der Waals surface area contributed by atoms with Gasteiger partial charge in [0, 0.05) is 41.3 Å². The van der Waals surface area contributed by atoms with Gasteiger partial charge in [-0.1, -0.05) is 17.7 Å². The number of primary amides is 1. The van der Waals surface area contributed by atoms with E-state index in [2.05, 4.69) is 4.98 Å². The summed E-state index contributed by atoms with van der Waals surface area (Å²) in [5, 5.41) is 0.189. The molecule has 1 fully saturated rings. The smallest absolute Gasteiger partial charge is 0.422 e. The summed E-state index contributed by atoms with van der Waals surface area (Å²) in [4.78, 5) is 42.5. The van der Waals surface area contributed by atoms with Crippen LogP contribution in [0.15, 0.2) is 53.6 Å². The second-order valence-electron chi connectivity index (χ2n) is 9.42. The number of ketones is 1. The van der Waals surface area contributed by atoms with Crippen LogP contribution in [0.1, 0.15) is 28.5 Å². The van der Waals surface area contributed by atoms with E-state index in [4.69, 9.17) is 36.3 Å². The van der Waals surface area contributed by atoms with Crippen molar-refractivity contribution in [3.8, 4) is 22.6 Å². The molecule has 14 heteroatoms. The molecule has 1 aliphatic heterocycles. The zero-order valence-corrected chi connectivity index (χ0v) is 23.1. The van der Waals surface area contributed by atoms with Crippen molar-refractivity contribution in [2.45, 2.75) is 31.2 Å². The van der Waals surface area contributed by atoms with Crippen LogP contribution in [-0.2, 0) is 20.7 Å². The minimum absolute atomic E-state index is 0.0339. The molecule has 0 radical (unpaired) electrons. The number of hydrogen-bond acceptors (Lipinski definition) is 8. The molecule has 1 amide bonds. The SMILES string of the molecule is COc1cn(C(CC2COCCO2)C(=O)Cc2ccc(C(N)=O)nc2)c(=O)cc1-c1cc(Cl)ccc1OCC(F)(F)F. The Bertz CT molecular complexity index is 1490. The van der Waals surface area contributed by atoms with E-state index in [-0.39, 0.29) is 58.6 Å². The van der Waals surface area contributed by atoms with Crippen LogP contribution < -0.4 is 20.8 Å². The number of aromatic nitrogens is 2. The Hall–Kier alpha value is -3.94. The molecule has 0 spiro atoms. The van der Waals surface area contributed by atoms with Gasteiger partial charge in [0.25, 0.3) is 11.5 Å². The number of pyridine rings is 2. The van der Waals surface area contributed by atoms with E-state index in [0.29, 0.717) is 18.8 Å². The first-order chi connectivity index (χ1) is 19.9. The molecule has 3 heterocycles. The number of rotatable bonds is 11. The number of carbonyl (C=O) groups is 2. The van der Waals surface area contributed by atoms with E-state index in [9.17, 15) is 27.6 Å². The highest BCUT2D eigenvalue weighted by Gasteiger charge is 2.31. The molecule has 1 aliphatic rings. The fourth-order valence-corrected chi connectivity index (χ4v) is 4.63. The van der Waals surface area contributed by atoms with Gasteiger partial charge in [-0.25, -0.2) is 0 Å². The summed E-state index contributed by atoms with van der Waals surface area (Å²) in [6.45, 7) is -0.633. The first kappa shape index (κ1) is 31.0. The Labute approximate surface area is 243 Å². The van der Waals surface area contributed by atoms with Crippen molar-refractivity contribution >= 4 is 23.3 Å². The Morgan fingerprint density at radius 1 is 1.17 bits per heavy atom. The summed E-state index contributed by atoms with van der Waals surface area (Å²) in [6, 6.07) is 7.01. The van der Waals surface area contributed by atoms with Crippen LogP contribution in [0.4, 0.5) is 13.2 Å². The van der Waals surface area contributed by atoms with Gasteiger partial charge in [-0.05, 0) is 29.8 Å². The number of carbonyl (C=O) groups excluding carboxylic acids is 2. The standard InChI is InChI=1S/C28H27ClF3N3O7/c1-39-25-13-35(26(37)11-20(25)19-9-17(29)3-5-24(19)42-15-28(30,31)32)22(10-18-14-40-6-7-41-18)23(36)8-16-2-4-21(27(33)38)34-12-16/h2-5,9,11-13,18,22H,6-8,10,14-15H2,1H3,(H2,33,38). The van der Waals surface area contributed by atoms with Crippen molar-refractivity contribution in [3.05, 3.63) is 75.4 Å². The van der Waals surface area contributed by atoms with Crippen molar-refractivity contribution in [3.63, 3.8) is 0 Å². The van der Waals surface area contributed by atoms with Gasteiger partial charge in [0.05, 0.1) is 45.3 Å². The van der Waals surface area contributed by atoms with Gasteiger partial charge in [0.2, 0.25) is 0 Å². The van der Waals surface area contributed by atoms with E-state index in [1.165, 1.54) is 54.4 Å². The lowest BCUT2D eigenvalue weighted by Crippen LogP contribution is -2.37. The molecule has 4 rings (SSSR count). The second kappa shape index (κ2) is 13.4. The van der Waals surface area contributed by atoms with Gasteiger partial charge in [-0.2, -0.15) is 13.2 Å². The average molecular weight is 610 g/mol. The molecular formula is C28H27ClF3N3O7. The first-order valence-corrected chi connectivity index (χ1v) is 13.1. The highest BCUT2D eigenvalue weighted by atomic mass is 35.5. The van der Waals surface area contributed by atoms with Gasteiger partial charge in [0.1, 0.15) is 17.2 Å². The van der Waals surface area contributed by atoms with Crippen molar-refractivity contribution in [1.82, 2.24) is 9.55 Å². The van der Waals surface area contributed by atoms with Crippen molar-refractivity contribution in [2.24, 2.45) is 5.73 Å². The van der Waals surface area contributed by atoms with Crippen molar-refractivity contribution in [1.29, 1.82) is 0 Å². The topological polar surface area (TPSA) is 132 Å². The van der Waals surface area contributed by atoms with Gasteiger partial charge in [-0.15, -0.1) is 0 Å². The van der Waals surface area contributed by atoms with Gasteiger partial charge < -0.3 is 29.2 Å². The van der Waals surface area contributed by atoms with Crippen LogP contribution >= 0.6 is 11.6 Å². The highest BCUT2D eigenvalue weighted by Crippen LogP contribution is 2.38. The maximum absolute atomic E-state index is 13.6. The second-order valence-corrected chi connectivity index (χ2v) is 9.86. The summed E-state index contributed by atoms with van der Waals surface area (Å²) in [5.74, 6) is -1.17. The fourth-order valence-electron chi connectivity index (χ4n) is 4.46. The molecule has 1 aromatic carbocycles. The van der Waals surface area contributed by atoms with E-state index in [0.717, 1.165) is 6.07 Å². The molecule has 10 nitrogen and oxygen atoms in total. The third-order valence-corrected chi connectivity index (χ3v) is 6.66. The number of benzene rings is 1. The number of halogens is 4. The van der Waals surface area contributed by atoms with Crippen LogP contribution in [0.3, 0.4) is 0 Å². The lowest BCUT2D eigenvalue weighted by atomic mass is 9.98. The summed E-state index contributed by atoms with van der Waals surface area (Å²) in [6.07, 6.45) is -2.47. The summed E-state index contributed by atoms with van der Waals surface area (Å²) in [5.41, 5.74) is 5.34. The van der Waals surface area contributed by atoms with Crippen LogP contribution in [0.5, 0.6) is 11.5 Å². The Balaban J connectivity index is 1.73. The molecule has 0 bridgehead atoms. The minimum atomic E-state index is -4.60. The Morgan fingerprint density at radius 3 is 2.55 bits per heavy atom. The van der Waals surface area contributed by atoms with Crippen LogP contribution in [-0.4, -0.2) is 67.1 Å². The lowest BCUT2D eigenvalue weighted by molar-refractivity contribution is -0.153. The van der Waals surface area contributed by atoms with Crippen LogP contribution in [0, 0.1) is 0 Å². The van der Waals surface area contributed by atoms with E-state index in [1.807, 2.05) is 0 Å². The number of hydrogen-bond donors (Lipinski definition) is 1. The molecule has 1 saturated heterocycles. The molecule has 3 aromatic rings. The molecule has 0 saturated carbocycles. The molecular weight excluding hydrogens is 583 g/mol. The maximum atomic E-state index is 13.6. The molecule has 0 aliphatic carbocycles. The number of Topliss-reactive ketones (excluding diaryl/α,β-unsaturated/α-hetero) is 1. The third kappa shape index (κ3) is 7.87. The maximum Gasteiger partial charge on any atom is 0.422 e. The van der Waals surface area contributed by atoms with E-state index >= 15 is 0 Å². The van der Waals surface area contributed by atoms with E-state index < -0.39 is 36.4 Å². The third-order valence-electron chi connectivity index (χ3n) is 6.42. The van der Waals surface area contributed by atoms with Gasteiger partial charge in [0.15, 0.2) is 12.4 Å². The lowest BCUT2D eigenvalue weighted by Gasteiger charge is -2.28. The van der Waals surface area contributed by atoms with Crippen LogP contribution in [0.2, 0.25) is 5.02 Å². The monoisotopic (exact) mass is 609 g/mol. The first-order valence-electron chi connectivity index (χ1n) is 12.7. The molecule has 2 atom stereocenters. The molecule has 42 heavy (non-hydrogen) atoms. The number of methoxy groups -OCH3 is 1. The molecule has 224 valence electrons. The normalized spacial score (nSPS) is 16.1. The molecule has 2 N–H and O–H groups in total. The molecule has 2 aromatic heterocycles. The van der Waals surface area contributed by atoms with Gasteiger partial charge in [-0.3, -0.25) is 19.4 Å². The Morgan fingerprint density at radius 2 is 1.93 bits per heavy atom. The summed E-state index contributed by atoms with van der Waals surface area (Å²) in [7, 11) is 1.31. The predicted octanol–water partition coefficient (Wildman–Crippen LogP) is 3.77. The Kier molecular flexibility index (Phi) is 9.86. The highest BCUT2D eigenvalue weighted by molar-refractivity contribution is 6.31. The summed E-state index contributed by atoms with van der Waals surface area (Å²) >= 11 is 6.12. The average Bonchev–Trinajstić information content (AvgIpc) is 2.95. The van der Waals surface area contributed by atoms with Crippen molar-refractivity contribution < 1.29 is 41.7 Å². The number of alkyl halides is 3. The fraction of sp³-hybridized carbons (Fsp3) is 0.357. The van der Waals surface area contributed by atoms with Gasteiger partial charge >= 0.3 is 6.18 Å². The summed E-state index contributed by atoms with van der Waals surface area (Å²) < 4.78 is 61.5. The number of nitrogens with two attached hydrogens (primary N) is 1. The van der Waals surface area contributed by atoms with Crippen LogP contribution in [0.25, 0.3) is 11.1 Å². The quantitative estimate of drug-likeness (QED) is 0.348. The largest absolute Gasteiger partial charge is 0.495 e. The number of ether oxygens (including phenoxy) is 4. The zero-order valence-electron chi connectivity index (χ0n) is 22.4.